The van der Waals surface area contributed by atoms with Crippen molar-refractivity contribution in [2.45, 2.75) is 88.9 Å². The van der Waals surface area contributed by atoms with E-state index >= 15 is 0 Å². The number of alkyl carbamates (subject to hydrolysis) is 2. The zero-order chi connectivity index (χ0) is 48.2. The topological polar surface area (TPSA) is 164 Å². The number of carbonyl (C=O) groups is 2. The number of carbonyl (C=O) groups excluding carboxylic acids is 2. The molecule has 14 nitrogen and oxygen atoms in total. The van der Waals surface area contributed by atoms with Gasteiger partial charge in [-0.25, -0.2) is 9.59 Å². The van der Waals surface area contributed by atoms with Crippen molar-refractivity contribution in [2.24, 2.45) is 10.8 Å². The Bertz CT molecular complexity index is 2410. The molecular formula is C54H65BrN8O6. The standard InChI is InChI=1S/C27H32N4O3.C22H21BrN2O3.C5H12N2/c1-30-9-11-31(12-10-30)23-8-7-21(18-28)25(13-23)34-24-16-27(17-24)14-22(15-27)29-26(32)33-19-20-5-3-2-4-6-20;23-17-7-6-16(13-24)20(8-17)28-19-11-22(12-19)9-18(10-22)25-21(26)27-14-15-4-2-1-3-5-15;1-7-4-2-6-3-5-7/h2-8,13,22,24H,9-12,14-17,19H2,1H3,(H,29,32);1-8,18-19H,9-12,14H2,(H,25,26);6H,2-5H2,1H3. The van der Waals surface area contributed by atoms with Crippen LogP contribution < -0.4 is 30.3 Å². The van der Waals surface area contributed by atoms with Gasteiger partial charge in [0, 0.05) is 80.7 Å². The summed E-state index contributed by atoms with van der Waals surface area (Å²) in [6.45, 7) is 9.36. The molecule has 10 rings (SSSR count). The Morgan fingerprint density at radius 3 is 1.52 bits per heavy atom. The predicted octanol–water partition coefficient (Wildman–Crippen LogP) is 8.39. The zero-order valence-electron chi connectivity index (χ0n) is 39.8. The molecule has 2 aliphatic heterocycles. The second-order valence-electron chi connectivity index (χ2n) is 19.8. The fraction of sp³-hybridized carbons (Fsp3) is 0.481. The Labute approximate surface area is 415 Å². The molecule has 2 heterocycles. The molecule has 4 aromatic rings. The molecule has 3 N–H and O–H groups in total. The van der Waals surface area contributed by atoms with Crippen LogP contribution in [0.1, 0.15) is 73.6 Å². The highest BCUT2D eigenvalue weighted by Crippen LogP contribution is 2.58. The number of hydrogen-bond acceptors (Lipinski definition) is 12. The van der Waals surface area contributed by atoms with E-state index in [1.165, 1.54) is 13.1 Å². The van der Waals surface area contributed by atoms with Gasteiger partial charge in [-0.1, -0.05) is 76.6 Å². The van der Waals surface area contributed by atoms with Gasteiger partial charge in [-0.05, 0) is 118 Å². The largest absolute Gasteiger partial charge is 0.489 e. The Balaban J connectivity index is 0.000000165. The van der Waals surface area contributed by atoms with Crippen molar-refractivity contribution in [1.29, 1.82) is 10.5 Å². The number of piperazine rings is 2. The second-order valence-corrected chi connectivity index (χ2v) is 20.7. The van der Waals surface area contributed by atoms with E-state index in [1.54, 1.807) is 6.07 Å². The molecule has 15 heteroatoms. The molecule has 0 radical (unpaired) electrons. The van der Waals surface area contributed by atoms with Crippen LogP contribution in [0.2, 0.25) is 0 Å². The Hall–Kier alpha value is -5.84. The van der Waals surface area contributed by atoms with E-state index in [-0.39, 0.29) is 60.5 Å². The average molecular weight is 1000 g/mol. The Morgan fingerprint density at radius 2 is 1.07 bits per heavy atom. The van der Waals surface area contributed by atoms with Crippen LogP contribution in [0.3, 0.4) is 0 Å². The number of hydrogen-bond donors (Lipinski definition) is 3. The van der Waals surface area contributed by atoms with Crippen LogP contribution in [0.4, 0.5) is 15.3 Å². The predicted molar refractivity (Wildman–Crippen MR) is 268 cm³/mol. The van der Waals surface area contributed by atoms with Gasteiger partial charge in [-0.2, -0.15) is 10.5 Å². The maximum absolute atomic E-state index is 12.1. The molecule has 6 aliphatic rings. The van der Waals surface area contributed by atoms with Crippen molar-refractivity contribution in [3.05, 3.63) is 124 Å². The summed E-state index contributed by atoms with van der Waals surface area (Å²) in [6.07, 6.45) is 7.23. The molecule has 2 spiro atoms. The van der Waals surface area contributed by atoms with Crippen molar-refractivity contribution in [3.8, 4) is 23.6 Å². The number of nitrogens with zero attached hydrogens (tertiary/aromatic N) is 5. The molecule has 0 bridgehead atoms. The van der Waals surface area contributed by atoms with Crippen LogP contribution in [-0.2, 0) is 22.7 Å². The van der Waals surface area contributed by atoms with E-state index < -0.39 is 0 Å². The normalized spacial score (nSPS) is 25.7. The highest BCUT2D eigenvalue weighted by molar-refractivity contribution is 9.10. The molecule has 2 amide bonds. The first-order valence-corrected chi connectivity index (χ1v) is 25.1. The summed E-state index contributed by atoms with van der Waals surface area (Å²) in [5.41, 5.74) is 4.75. The maximum atomic E-state index is 12.1. The van der Waals surface area contributed by atoms with E-state index in [1.807, 2.05) is 91.0 Å². The fourth-order valence-electron chi connectivity index (χ4n) is 10.5. The minimum absolute atomic E-state index is 0.126. The Kier molecular flexibility index (Phi) is 16.7. The van der Waals surface area contributed by atoms with Gasteiger partial charge in [0.2, 0.25) is 0 Å². The molecule has 4 saturated carbocycles. The molecule has 0 aromatic heterocycles. The number of nitriles is 2. The zero-order valence-corrected chi connectivity index (χ0v) is 41.4. The fourth-order valence-corrected chi connectivity index (χ4v) is 10.8. The molecule has 0 unspecified atom stereocenters. The number of likely N-dealkylation sites (N-methyl/N-ethyl adjacent to an activating group) is 2. The lowest BCUT2D eigenvalue weighted by Gasteiger charge is -2.57. The van der Waals surface area contributed by atoms with Gasteiger partial charge in [0.25, 0.3) is 0 Å². The summed E-state index contributed by atoms with van der Waals surface area (Å²) in [7, 11) is 4.30. The molecule has 2 saturated heterocycles. The summed E-state index contributed by atoms with van der Waals surface area (Å²) in [5.74, 6) is 1.33. The quantitative estimate of drug-likeness (QED) is 0.132. The summed E-state index contributed by atoms with van der Waals surface area (Å²) in [4.78, 5) is 31.1. The second kappa shape index (κ2) is 23.2. The molecule has 0 atom stereocenters. The summed E-state index contributed by atoms with van der Waals surface area (Å²) in [6, 6.07) is 35.5. The monoisotopic (exact) mass is 1000 g/mol. The van der Waals surface area contributed by atoms with Gasteiger partial charge >= 0.3 is 12.2 Å². The van der Waals surface area contributed by atoms with Crippen molar-refractivity contribution in [3.63, 3.8) is 0 Å². The van der Waals surface area contributed by atoms with Gasteiger partial charge in [0.15, 0.2) is 0 Å². The van der Waals surface area contributed by atoms with E-state index in [0.29, 0.717) is 22.6 Å². The smallest absolute Gasteiger partial charge is 0.407 e. The first-order chi connectivity index (χ1) is 33.5. The van der Waals surface area contributed by atoms with Crippen LogP contribution in [0, 0.1) is 33.5 Å². The number of anilines is 1. The molecule has 69 heavy (non-hydrogen) atoms. The minimum Gasteiger partial charge on any atom is -0.489 e. The third-order valence-electron chi connectivity index (χ3n) is 14.4. The number of rotatable bonds is 11. The SMILES string of the molecule is CN1CCN(c2ccc(C#N)c(OC3CC4(CC(NC(=O)OCc5ccccc5)C4)C3)c2)CC1.CN1CCNCC1.N#Cc1ccc(Br)cc1OC1CC2(CC(NC(=O)OCc3ccccc3)C2)C1. The average Bonchev–Trinajstić information content (AvgIpc) is 3.31. The van der Waals surface area contributed by atoms with Crippen molar-refractivity contribution in [2.75, 3.05) is 71.4 Å². The summed E-state index contributed by atoms with van der Waals surface area (Å²) in [5, 5.41) is 28.0. The summed E-state index contributed by atoms with van der Waals surface area (Å²) >= 11 is 3.42. The number of benzene rings is 4. The van der Waals surface area contributed by atoms with Gasteiger partial charge < -0.3 is 49.6 Å². The Morgan fingerprint density at radius 1 is 0.623 bits per heavy atom. The lowest BCUT2D eigenvalue weighted by atomic mass is 9.53. The number of ether oxygens (including phenoxy) is 4. The molecule has 4 aliphatic carbocycles. The highest BCUT2D eigenvalue weighted by atomic mass is 79.9. The lowest BCUT2D eigenvalue weighted by Crippen LogP contribution is -2.58. The summed E-state index contributed by atoms with van der Waals surface area (Å²) < 4.78 is 23.8. The van der Waals surface area contributed by atoms with Gasteiger partial charge in [0.1, 0.15) is 36.9 Å². The third kappa shape index (κ3) is 13.7. The highest BCUT2D eigenvalue weighted by Gasteiger charge is 2.55. The van der Waals surface area contributed by atoms with Crippen molar-refractivity contribution in [1.82, 2.24) is 25.8 Å². The van der Waals surface area contributed by atoms with E-state index in [0.717, 1.165) is 112 Å². The molecular weight excluding hydrogens is 937 g/mol. The van der Waals surface area contributed by atoms with Crippen molar-refractivity contribution >= 4 is 33.8 Å². The van der Waals surface area contributed by atoms with Gasteiger partial charge in [0.05, 0.1) is 23.3 Å². The van der Waals surface area contributed by atoms with E-state index in [4.69, 9.17) is 18.9 Å². The van der Waals surface area contributed by atoms with Crippen LogP contribution in [0.25, 0.3) is 0 Å². The van der Waals surface area contributed by atoms with Crippen LogP contribution in [0.15, 0.2) is 102 Å². The first kappa shape index (κ1) is 49.6. The number of amides is 2. The van der Waals surface area contributed by atoms with Gasteiger partial charge in [-0.15, -0.1) is 0 Å². The number of nitrogens with one attached hydrogen (secondary N) is 3. The lowest BCUT2D eigenvalue weighted by molar-refractivity contribution is -0.0847. The molecule has 4 aromatic carbocycles. The first-order valence-electron chi connectivity index (χ1n) is 24.3. The van der Waals surface area contributed by atoms with Gasteiger partial charge in [-0.3, -0.25) is 0 Å². The van der Waals surface area contributed by atoms with E-state index in [9.17, 15) is 20.1 Å². The van der Waals surface area contributed by atoms with Crippen LogP contribution in [-0.4, -0.2) is 113 Å². The van der Waals surface area contributed by atoms with Crippen LogP contribution >= 0.6 is 15.9 Å². The van der Waals surface area contributed by atoms with Crippen molar-refractivity contribution < 1.29 is 28.5 Å². The molecule has 364 valence electrons. The number of halogens is 1. The van der Waals surface area contributed by atoms with Crippen LogP contribution in [0.5, 0.6) is 11.5 Å². The third-order valence-corrected chi connectivity index (χ3v) is 14.9. The van der Waals surface area contributed by atoms with E-state index in [2.05, 4.69) is 72.8 Å². The maximum Gasteiger partial charge on any atom is 0.407 e. The molecule has 6 fully saturated rings. The minimum atomic E-state index is -0.358.